The van der Waals surface area contributed by atoms with Gasteiger partial charge in [-0.25, -0.2) is 4.79 Å². The summed E-state index contributed by atoms with van der Waals surface area (Å²) in [7, 11) is 0. The largest absolute Gasteiger partial charge is 0.477 e. The van der Waals surface area contributed by atoms with Crippen LogP contribution in [0.4, 0.5) is 0 Å². The molecular weight excluding hydrogens is 380 g/mol. The van der Waals surface area contributed by atoms with E-state index in [1.54, 1.807) is 0 Å². The highest BCUT2D eigenvalue weighted by Gasteiger charge is 2.56. The highest BCUT2D eigenvalue weighted by Crippen LogP contribution is 2.44. The number of nitrogens with two attached hydrogens (primary N) is 1. The third-order valence-corrected chi connectivity index (χ3v) is 5.17. The minimum absolute atomic E-state index is 0.0280. The molecule has 1 fully saturated rings. The van der Waals surface area contributed by atoms with E-state index >= 15 is 0 Å². The van der Waals surface area contributed by atoms with Crippen LogP contribution in [0.2, 0.25) is 0 Å². The lowest BCUT2D eigenvalue weighted by Crippen LogP contribution is -2.64. The second-order valence-corrected chi connectivity index (χ2v) is 6.36. The Hall–Kier alpha value is -1.39. The zero-order valence-corrected chi connectivity index (χ0v) is 13.8. The minimum atomic E-state index is -1.35. The van der Waals surface area contributed by atoms with Gasteiger partial charge in [-0.15, -0.1) is 11.8 Å². The highest BCUT2D eigenvalue weighted by atomic mass is 79.9. The van der Waals surface area contributed by atoms with Crippen LogP contribution in [-0.4, -0.2) is 56.3 Å². The Morgan fingerprint density at radius 2 is 2.18 bits per heavy atom. The number of esters is 1. The molecule has 2 heterocycles. The van der Waals surface area contributed by atoms with Crippen molar-refractivity contribution in [1.82, 2.24) is 4.90 Å². The molecule has 2 aliphatic rings. The van der Waals surface area contributed by atoms with Crippen molar-refractivity contribution in [2.75, 3.05) is 11.1 Å². The number of hydrogen-bond donors (Lipinski definition) is 2. The summed E-state index contributed by atoms with van der Waals surface area (Å²) < 4.78 is 4.80. The summed E-state index contributed by atoms with van der Waals surface area (Å²) in [5.41, 5.74) is 5.52. The number of carbonyl (C=O) groups is 4. The van der Waals surface area contributed by atoms with Gasteiger partial charge < -0.3 is 9.84 Å². The van der Waals surface area contributed by atoms with Crippen LogP contribution in [0.1, 0.15) is 6.92 Å². The fraction of sp³-hybridized carbons (Fsp3) is 0.500. The smallest absolute Gasteiger partial charge is 0.352 e. The third-order valence-electron chi connectivity index (χ3n) is 3.32. The van der Waals surface area contributed by atoms with E-state index in [9.17, 15) is 24.3 Å². The van der Waals surface area contributed by atoms with Crippen molar-refractivity contribution in [2.45, 2.75) is 18.5 Å². The number of ketones is 1. The number of amides is 1. The maximum absolute atomic E-state index is 12.1. The van der Waals surface area contributed by atoms with Gasteiger partial charge in [-0.1, -0.05) is 15.9 Å². The first-order valence-electron chi connectivity index (χ1n) is 6.22. The lowest BCUT2D eigenvalue weighted by Gasteiger charge is -2.49. The number of carboxylic acid groups (broad SMARTS) is 1. The lowest BCUT2D eigenvalue weighted by molar-refractivity contribution is -0.156. The second-order valence-electron chi connectivity index (χ2n) is 4.70. The predicted molar refractivity (Wildman–Crippen MR) is 79.8 cm³/mol. The highest BCUT2D eigenvalue weighted by molar-refractivity contribution is 9.09. The SMILES string of the molecule is CC(=O)OC(N)C1=C(C(=O)O)N2C(=O)[C@@H](C(=O)CBr)[C@H]2SC1. The maximum Gasteiger partial charge on any atom is 0.352 e. The van der Waals surface area contributed by atoms with Crippen molar-refractivity contribution in [3.8, 4) is 0 Å². The quantitative estimate of drug-likeness (QED) is 0.214. The molecule has 0 aromatic carbocycles. The number of aliphatic carboxylic acids is 1. The summed E-state index contributed by atoms with van der Waals surface area (Å²) in [6, 6.07) is 0. The molecule has 1 unspecified atom stereocenters. The molecule has 0 saturated carbocycles. The molecule has 0 aromatic rings. The van der Waals surface area contributed by atoms with Gasteiger partial charge >= 0.3 is 11.9 Å². The molecule has 0 radical (unpaired) electrons. The fourth-order valence-electron chi connectivity index (χ4n) is 2.36. The van der Waals surface area contributed by atoms with Gasteiger partial charge in [0.2, 0.25) is 5.91 Å². The average molecular weight is 393 g/mol. The van der Waals surface area contributed by atoms with Crippen molar-refractivity contribution >= 4 is 51.3 Å². The van der Waals surface area contributed by atoms with Crippen LogP contribution in [0.5, 0.6) is 0 Å². The molecule has 0 spiro atoms. The molecule has 10 heteroatoms. The second kappa shape index (κ2) is 6.39. The normalized spacial score (nSPS) is 25.2. The number of halogens is 1. The van der Waals surface area contributed by atoms with Crippen molar-refractivity contribution in [3.63, 3.8) is 0 Å². The number of Topliss-reactive ketones (excluding diaryl/α,β-unsaturated/α-hetero) is 1. The number of carbonyl (C=O) groups excluding carboxylic acids is 3. The molecule has 22 heavy (non-hydrogen) atoms. The van der Waals surface area contributed by atoms with Crippen molar-refractivity contribution in [1.29, 1.82) is 0 Å². The molecule has 0 aliphatic carbocycles. The van der Waals surface area contributed by atoms with Gasteiger partial charge in [0, 0.05) is 18.2 Å². The Morgan fingerprint density at radius 3 is 2.68 bits per heavy atom. The molecule has 0 aromatic heterocycles. The topological polar surface area (TPSA) is 127 Å². The molecule has 3 N–H and O–H groups in total. The number of thioether (sulfide) groups is 1. The first-order valence-corrected chi connectivity index (χ1v) is 8.39. The van der Waals surface area contributed by atoms with E-state index in [0.29, 0.717) is 0 Å². The lowest BCUT2D eigenvalue weighted by atomic mass is 9.92. The molecule has 2 aliphatic heterocycles. The van der Waals surface area contributed by atoms with Crippen LogP contribution < -0.4 is 5.73 Å². The maximum atomic E-state index is 12.1. The monoisotopic (exact) mass is 392 g/mol. The number of fused-ring (bicyclic) bond motifs is 1. The van der Waals surface area contributed by atoms with E-state index in [0.717, 1.165) is 11.8 Å². The summed E-state index contributed by atoms with van der Waals surface area (Å²) in [5.74, 6) is -3.57. The van der Waals surface area contributed by atoms with E-state index in [1.165, 1.54) is 11.8 Å². The van der Waals surface area contributed by atoms with Gasteiger partial charge in [0.1, 0.15) is 17.0 Å². The van der Waals surface area contributed by atoms with Crippen LogP contribution in [0.25, 0.3) is 0 Å². The Kier molecular flexibility index (Phi) is 4.93. The fourth-order valence-corrected chi connectivity index (χ4v) is 4.18. The zero-order valence-electron chi connectivity index (χ0n) is 11.4. The molecule has 3 atom stereocenters. The number of β-lactam (4-membered cyclic amide) rings is 1. The van der Waals surface area contributed by atoms with E-state index in [2.05, 4.69) is 15.9 Å². The van der Waals surface area contributed by atoms with Crippen LogP contribution >= 0.6 is 27.7 Å². The van der Waals surface area contributed by atoms with Crippen LogP contribution in [0.3, 0.4) is 0 Å². The summed E-state index contributed by atoms with van der Waals surface area (Å²) in [6.07, 6.45) is -1.24. The number of hydrogen-bond acceptors (Lipinski definition) is 7. The first-order chi connectivity index (χ1) is 10.3. The van der Waals surface area contributed by atoms with Gasteiger partial charge in [-0.2, -0.15) is 0 Å². The summed E-state index contributed by atoms with van der Waals surface area (Å²) >= 11 is 4.23. The number of carboxylic acids is 1. The minimum Gasteiger partial charge on any atom is -0.477 e. The van der Waals surface area contributed by atoms with E-state index in [4.69, 9.17) is 10.5 Å². The number of alkyl halides is 1. The Bertz CT molecular complexity index is 592. The number of nitrogens with zero attached hydrogens (tertiary/aromatic N) is 1. The summed E-state index contributed by atoms with van der Waals surface area (Å²) in [6.45, 7) is 1.15. The Morgan fingerprint density at radius 1 is 1.55 bits per heavy atom. The van der Waals surface area contributed by atoms with Crippen molar-refractivity contribution in [3.05, 3.63) is 11.3 Å². The van der Waals surface area contributed by atoms with Gasteiger partial charge in [0.15, 0.2) is 12.0 Å². The standard InChI is InChI=1S/C12H13BrN2O6S/c1-4(16)21-9(14)5-3-22-11-7(6(17)2-13)10(18)15(11)8(5)12(19)20/h7,9,11H,2-3,14H2,1H3,(H,19,20)/t7-,9?,11-/m1/s1. The summed E-state index contributed by atoms with van der Waals surface area (Å²) in [5, 5.41) is 8.83. The van der Waals surface area contributed by atoms with Crippen LogP contribution in [-0.2, 0) is 23.9 Å². The average Bonchev–Trinajstić information content (AvgIpc) is 2.44. The third kappa shape index (κ3) is 2.77. The Balaban J connectivity index is 2.34. The molecule has 120 valence electrons. The molecule has 8 nitrogen and oxygen atoms in total. The van der Waals surface area contributed by atoms with E-state index in [1.807, 2.05) is 0 Å². The van der Waals surface area contributed by atoms with Gasteiger partial charge in [-0.3, -0.25) is 25.0 Å². The molecule has 1 amide bonds. The summed E-state index contributed by atoms with van der Waals surface area (Å²) in [4.78, 5) is 47.4. The van der Waals surface area contributed by atoms with Crippen LogP contribution in [0, 0.1) is 5.92 Å². The number of ether oxygens (including phenoxy) is 1. The number of rotatable bonds is 5. The molecular formula is C12H13BrN2O6S. The van der Waals surface area contributed by atoms with Crippen molar-refractivity contribution in [2.24, 2.45) is 11.7 Å². The Labute approximate surface area is 138 Å². The van der Waals surface area contributed by atoms with Gasteiger partial charge in [0.25, 0.3) is 0 Å². The first kappa shape index (κ1) is 17.0. The van der Waals surface area contributed by atoms with Crippen LogP contribution in [0.15, 0.2) is 11.3 Å². The van der Waals surface area contributed by atoms with Gasteiger partial charge in [-0.05, 0) is 0 Å². The van der Waals surface area contributed by atoms with E-state index < -0.39 is 35.4 Å². The molecule has 2 rings (SSSR count). The predicted octanol–water partition coefficient (Wildman–Crippen LogP) is -0.332. The van der Waals surface area contributed by atoms with E-state index in [-0.39, 0.29) is 28.1 Å². The molecule has 0 bridgehead atoms. The molecule has 1 saturated heterocycles. The van der Waals surface area contributed by atoms with Crippen molar-refractivity contribution < 1.29 is 29.0 Å². The zero-order chi connectivity index (χ0) is 16.6. The van der Waals surface area contributed by atoms with Gasteiger partial charge in [0.05, 0.1) is 5.33 Å².